The van der Waals surface area contributed by atoms with Gasteiger partial charge in [-0.2, -0.15) is 0 Å². The molecule has 0 saturated heterocycles. The van der Waals surface area contributed by atoms with Crippen molar-refractivity contribution in [2.24, 2.45) is 5.92 Å². The van der Waals surface area contributed by atoms with Gasteiger partial charge in [-0.15, -0.1) is 11.3 Å². The Morgan fingerprint density at radius 1 is 1.50 bits per heavy atom. The van der Waals surface area contributed by atoms with Crippen LogP contribution in [0.3, 0.4) is 0 Å². The molecule has 0 fully saturated rings. The van der Waals surface area contributed by atoms with Crippen molar-refractivity contribution in [2.75, 3.05) is 13.7 Å². The summed E-state index contributed by atoms with van der Waals surface area (Å²) in [4.78, 5) is 5.30. The van der Waals surface area contributed by atoms with Gasteiger partial charge in [0.15, 0.2) is 5.76 Å². The smallest absolute Gasteiger partial charge is 0.208 e. The molecule has 98 valence electrons. The minimum atomic E-state index is 0.626. The van der Waals surface area contributed by atoms with Crippen LogP contribution < -0.4 is 10.1 Å². The van der Waals surface area contributed by atoms with Crippen molar-refractivity contribution >= 4 is 11.3 Å². The molecule has 2 rings (SSSR count). The van der Waals surface area contributed by atoms with E-state index >= 15 is 0 Å². The molecule has 0 amide bonds. The topological polar surface area (TPSA) is 47.3 Å². The summed E-state index contributed by atoms with van der Waals surface area (Å²) in [5.74, 6) is 2.99. The fourth-order valence-electron chi connectivity index (χ4n) is 1.53. The van der Waals surface area contributed by atoms with Crippen LogP contribution >= 0.6 is 11.3 Å². The van der Waals surface area contributed by atoms with Crippen LogP contribution in [-0.2, 0) is 6.54 Å². The van der Waals surface area contributed by atoms with Gasteiger partial charge in [0.25, 0.3) is 0 Å². The first-order valence-corrected chi connectivity index (χ1v) is 6.85. The second kappa shape index (κ2) is 6.02. The van der Waals surface area contributed by atoms with Crippen molar-refractivity contribution in [3.63, 3.8) is 0 Å². The molecule has 0 spiro atoms. The number of nitrogens with one attached hydrogen (secondary N) is 1. The highest BCUT2D eigenvalue weighted by Gasteiger charge is 2.09. The first kappa shape index (κ1) is 13.1. The zero-order chi connectivity index (χ0) is 13.0. The van der Waals surface area contributed by atoms with E-state index < -0.39 is 0 Å². The second-order valence-electron chi connectivity index (χ2n) is 4.49. The molecule has 0 radical (unpaired) electrons. The summed E-state index contributed by atoms with van der Waals surface area (Å²) >= 11 is 1.59. The molecule has 0 aromatic carbocycles. The van der Waals surface area contributed by atoms with Gasteiger partial charge in [-0.25, -0.2) is 4.98 Å². The van der Waals surface area contributed by atoms with E-state index in [1.165, 1.54) is 0 Å². The van der Waals surface area contributed by atoms with E-state index in [1.54, 1.807) is 24.6 Å². The number of hydrogen-bond acceptors (Lipinski definition) is 5. The Labute approximate surface area is 111 Å². The van der Waals surface area contributed by atoms with Crippen LogP contribution in [0.5, 0.6) is 5.75 Å². The van der Waals surface area contributed by atoms with Crippen molar-refractivity contribution in [3.05, 3.63) is 23.5 Å². The Bertz CT molecular complexity index is 491. The first-order valence-electron chi connectivity index (χ1n) is 5.97. The molecule has 2 aromatic heterocycles. The van der Waals surface area contributed by atoms with E-state index in [-0.39, 0.29) is 0 Å². The van der Waals surface area contributed by atoms with Crippen LogP contribution in [0.15, 0.2) is 22.1 Å². The molecule has 2 heterocycles. The predicted molar refractivity (Wildman–Crippen MR) is 72.9 cm³/mol. The van der Waals surface area contributed by atoms with Crippen LogP contribution in [0.4, 0.5) is 0 Å². The third-order valence-electron chi connectivity index (χ3n) is 2.44. The standard InChI is InChI=1S/C13H18N2O2S/c1-9(2)5-14-7-13-15-6-11(17-13)12-4-10(16-3)8-18-12/h4,6,8-9,14H,5,7H2,1-3H3. The summed E-state index contributed by atoms with van der Waals surface area (Å²) in [7, 11) is 1.66. The van der Waals surface area contributed by atoms with E-state index in [1.807, 2.05) is 11.4 Å². The van der Waals surface area contributed by atoms with Crippen molar-refractivity contribution in [2.45, 2.75) is 20.4 Å². The van der Waals surface area contributed by atoms with E-state index in [0.29, 0.717) is 12.5 Å². The van der Waals surface area contributed by atoms with Crippen LogP contribution in [-0.4, -0.2) is 18.6 Å². The number of nitrogens with zero attached hydrogens (tertiary/aromatic N) is 1. The number of rotatable bonds is 6. The van der Waals surface area contributed by atoms with Gasteiger partial charge in [0, 0.05) is 11.4 Å². The number of methoxy groups -OCH3 is 1. The van der Waals surface area contributed by atoms with E-state index in [2.05, 4.69) is 24.1 Å². The van der Waals surface area contributed by atoms with E-state index in [4.69, 9.17) is 9.15 Å². The van der Waals surface area contributed by atoms with Gasteiger partial charge >= 0.3 is 0 Å². The molecule has 2 aromatic rings. The number of oxazole rings is 1. The number of ether oxygens (including phenoxy) is 1. The lowest BCUT2D eigenvalue weighted by Crippen LogP contribution is -2.18. The normalized spacial score (nSPS) is 11.1. The third-order valence-corrected chi connectivity index (χ3v) is 3.36. The van der Waals surface area contributed by atoms with Crippen LogP contribution in [0.1, 0.15) is 19.7 Å². The third kappa shape index (κ3) is 3.34. The van der Waals surface area contributed by atoms with Gasteiger partial charge in [0.2, 0.25) is 5.89 Å². The van der Waals surface area contributed by atoms with Crippen LogP contribution in [0, 0.1) is 5.92 Å². The molecule has 0 unspecified atom stereocenters. The molecule has 0 aliphatic heterocycles. The highest BCUT2D eigenvalue weighted by molar-refractivity contribution is 7.13. The fraction of sp³-hybridized carbons (Fsp3) is 0.462. The monoisotopic (exact) mass is 266 g/mol. The summed E-state index contributed by atoms with van der Waals surface area (Å²) in [6.45, 7) is 5.98. The summed E-state index contributed by atoms with van der Waals surface area (Å²) in [5.41, 5.74) is 0. The van der Waals surface area contributed by atoms with Crippen molar-refractivity contribution in [3.8, 4) is 16.4 Å². The Kier molecular flexibility index (Phi) is 4.38. The van der Waals surface area contributed by atoms with E-state index in [9.17, 15) is 0 Å². The Morgan fingerprint density at radius 3 is 3.00 bits per heavy atom. The summed E-state index contributed by atoms with van der Waals surface area (Å²) < 4.78 is 10.8. The number of thiophene rings is 1. The highest BCUT2D eigenvalue weighted by atomic mass is 32.1. The average molecular weight is 266 g/mol. The average Bonchev–Trinajstić information content (AvgIpc) is 2.95. The molecule has 18 heavy (non-hydrogen) atoms. The minimum Gasteiger partial charge on any atom is -0.496 e. The number of hydrogen-bond donors (Lipinski definition) is 1. The first-order chi connectivity index (χ1) is 8.69. The van der Waals surface area contributed by atoms with Crippen molar-refractivity contribution in [1.29, 1.82) is 0 Å². The molecule has 0 bridgehead atoms. The van der Waals surface area contributed by atoms with Crippen LogP contribution in [0.25, 0.3) is 10.6 Å². The number of aromatic nitrogens is 1. The van der Waals surface area contributed by atoms with Gasteiger partial charge in [0.1, 0.15) is 5.75 Å². The molecule has 0 saturated carbocycles. The fourth-order valence-corrected chi connectivity index (χ4v) is 2.33. The molecular formula is C13H18N2O2S. The maximum atomic E-state index is 5.69. The van der Waals surface area contributed by atoms with Gasteiger partial charge in [-0.1, -0.05) is 13.8 Å². The molecule has 1 N–H and O–H groups in total. The maximum absolute atomic E-state index is 5.69. The quantitative estimate of drug-likeness (QED) is 0.872. The maximum Gasteiger partial charge on any atom is 0.208 e. The lowest BCUT2D eigenvalue weighted by Gasteiger charge is -2.04. The lowest BCUT2D eigenvalue weighted by molar-refractivity contribution is 0.416. The largest absolute Gasteiger partial charge is 0.496 e. The van der Waals surface area contributed by atoms with Crippen LogP contribution in [0.2, 0.25) is 0 Å². The minimum absolute atomic E-state index is 0.626. The molecule has 4 nitrogen and oxygen atoms in total. The molecular weight excluding hydrogens is 248 g/mol. The SMILES string of the molecule is COc1csc(-c2cnc(CNCC(C)C)o2)c1. The van der Waals surface area contributed by atoms with Gasteiger partial charge in [-0.05, 0) is 12.5 Å². The molecule has 0 aliphatic carbocycles. The predicted octanol–water partition coefficient (Wildman–Crippen LogP) is 3.16. The lowest BCUT2D eigenvalue weighted by atomic mass is 10.2. The van der Waals surface area contributed by atoms with Crippen molar-refractivity contribution in [1.82, 2.24) is 10.3 Å². The van der Waals surface area contributed by atoms with Gasteiger partial charge in [0.05, 0.1) is 24.7 Å². The van der Waals surface area contributed by atoms with Crippen molar-refractivity contribution < 1.29 is 9.15 Å². The highest BCUT2D eigenvalue weighted by Crippen LogP contribution is 2.31. The molecule has 0 atom stereocenters. The zero-order valence-corrected chi connectivity index (χ0v) is 11.7. The Hall–Kier alpha value is -1.33. The second-order valence-corrected chi connectivity index (χ2v) is 5.41. The summed E-state index contributed by atoms with van der Waals surface area (Å²) in [6.07, 6.45) is 1.76. The molecule has 5 heteroatoms. The van der Waals surface area contributed by atoms with Gasteiger partial charge in [-0.3, -0.25) is 0 Å². The molecule has 0 aliphatic rings. The zero-order valence-electron chi connectivity index (χ0n) is 10.9. The van der Waals surface area contributed by atoms with E-state index in [0.717, 1.165) is 28.8 Å². The Morgan fingerprint density at radius 2 is 2.33 bits per heavy atom. The Balaban J connectivity index is 1.97. The van der Waals surface area contributed by atoms with Gasteiger partial charge < -0.3 is 14.5 Å². The summed E-state index contributed by atoms with van der Waals surface area (Å²) in [5, 5.41) is 5.26. The summed E-state index contributed by atoms with van der Waals surface area (Å²) in [6, 6.07) is 1.95.